The summed E-state index contributed by atoms with van der Waals surface area (Å²) in [6.07, 6.45) is 0. The summed E-state index contributed by atoms with van der Waals surface area (Å²) in [5, 5.41) is 20.0. The lowest BCUT2D eigenvalue weighted by molar-refractivity contribution is -0.138. The fraction of sp³-hybridized carbons (Fsp3) is 0.333. The number of nitrogens with zero attached hydrogens (tertiary/aromatic N) is 1. The highest BCUT2D eigenvalue weighted by molar-refractivity contribution is 7.91. The third-order valence-corrected chi connectivity index (χ3v) is 4.23. The Morgan fingerprint density at radius 1 is 1.53 bits per heavy atom. The molecule has 0 bridgehead atoms. The number of carboxylic acid groups (broad SMARTS) is 1. The quantitative estimate of drug-likeness (QED) is 0.781. The molecule has 1 aromatic carbocycles. The number of aliphatic carboxylic acids is 1. The maximum absolute atomic E-state index is 12.0. The van der Waals surface area contributed by atoms with Crippen LogP contribution in [0.15, 0.2) is 29.2 Å². The van der Waals surface area contributed by atoms with Crippen LogP contribution >= 0.6 is 0 Å². The van der Waals surface area contributed by atoms with Crippen LogP contribution in [0.2, 0.25) is 0 Å². The average molecular weight is 282 g/mol. The number of carboxylic acids is 1. The Hall–Kier alpha value is -1.91. The lowest BCUT2D eigenvalue weighted by Crippen LogP contribution is -2.36. The molecule has 7 heteroatoms. The van der Waals surface area contributed by atoms with Crippen LogP contribution in [0.5, 0.6) is 0 Å². The number of nitriles is 1. The van der Waals surface area contributed by atoms with Crippen molar-refractivity contribution in [1.82, 2.24) is 5.32 Å². The van der Waals surface area contributed by atoms with Crippen molar-refractivity contribution in [3.63, 3.8) is 0 Å². The molecule has 0 amide bonds. The number of rotatable bonds is 6. The summed E-state index contributed by atoms with van der Waals surface area (Å²) < 4.78 is 23.9. The predicted molar refractivity (Wildman–Crippen MR) is 68.3 cm³/mol. The monoisotopic (exact) mass is 282 g/mol. The fourth-order valence-electron chi connectivity index (χ4n) is 1.37. The summed E-state index contributed by atoms with van der Waals surface area (Å²) in [4.78, 5) is 10.6. The third-order valence-electron chi connectivity index (χ3n) is 2.51. The van der Waals surface area contributed by atoms with E-state index in [-0.39, 0.29) is 22.8 Å². The molecule has 0 aromatic heterocycles. The Morgan fingerprint density at radius 2 is 2.21 bits per heavy atom. The van der Waals surface area contributed by atoms with Gasteiger partial charge in [-0.1, -0.05) is 6.07 Å². The lowest BCUT2D eigenvalue weighted by Gasteiger charge is -2.09. The minimum atomic E-state index is -3.52. The van der Waals surface area contributed by atoms with Crippen LogP contribution in [0.1, 0.15) is 12.5 Å². The van der Waals surface area contributed by atoms with Crippen molar-refractivity contribution in [2.24, 2.45) is 0 Å². The fourth-order valence-corrected chi connectivity index (χ4v) is 2.59. The molecular formula is C12H14N2O4S. The molecule has 0 fully saturated rings. The Morgan fingerprint density at radius 3 is 2.79 bits per heavy atom. The molecule has 6 nitrogen and oxygen atoms in total. The SMILES string of the molecule is C[C@H](NCCS(=O)(=O)c1cccc(C#N)c1)C(=O)O. The Kier molecular flexibility index (Phi) is 5.03. The summed E-state index contributed by atoms with van der Waals surface area (Å²) in [5.74, 6) is -1.26. The van der Waals surface area contributed by atoms with E-state index in [0.717, 1.165) is 0 Å². The molecule has 1 aromatic rings. The zero-order chi connectivity index (χ0) is 14.5. The van der Waals surface area contributed by atoms with Crippen LogP contribution in [-0.4, -0.2) is 37.8 Å². The second-order valence-corrected chi connectivity index (χ2v) is 6.08. The molecule has 0 heterocycles. The zero-order valence-electron chi connectivity index (χ0n) is 10.3. The van der Waals surface area contributed by atoms with Crippen molar-refractivity contribution >= 4 is 15.8 Å². The largest absolute Gasteiger partial charge is 0.480 e. The van der Waals surface area contributed by atoms with Gasteiger partial charge >= 0.3 is 5.97 Å². The van der Waals surface area contributed by atoms with Gasteiger partial charge in [0.2, 0.25) is 0 Å². The molecule has 0 spiro atoms. The normalized spacial score (nSPS) is 12.6. The van der Waals surface area contributed by atoms with E-state index in [1.807, 2.05) is 6.07 Å². The molecular weight excluding hydrogens is 268 g/mol. The standard InChI is InChI=1S/C12H14N2O4S/c1-9(12(15)16)14-5-6-19(17,18)11-4-2-3-10(7-11)8-13/h2-4,7,9,14H,5-6H2,1H3,(H,15,16)/t9-/m0/s1. The molecule has 0 aliphatic carbocycles. The maximum atomic E-state index is 12.0. The second kappa shape index (κ2) is 6.31. The number of hydrogen-bond donors (Lipinski definition) is 2. The van der Waals surface area contributed by atoms with E-state index in [0.29, 0.717) is 0 Å². The molecule has 102 valence electrons. The highest BCUT2D eigenvalue weighted by atomic mass is 32.2. The lowest BCUT2D eigenvalue weighted by atomic mass is 10.2. The van der Waals surface area contributed by atoms with Gasteiger partial charge in [-0.2, -0.15) is 5.26 Å². The summed E-state index contributed by atoms with van der Waals surface area (Å²) in [5.41, 5.74) is 0.271. The van der Waals surface area contributed by atoms with Crippen LogP contribution in [0.3, 0.4) is 0 Å². The molecule has 1 atom stereocenters. The first-order valence-electron chi connectivity index (χ1n) is 5.56. The summed E-state index contributed by atoms with van der Waals surface area (Å²) in [7, 11) is -3.52. The van der Waals surface area contributed by atoms with Gasteiger partial charge in [0, 0.05) is 6.54 Å². The van der Waals surface area contributed by atoms with Crippen molar-refractivity contribution in [3.8, 4) is 6.07 Å². The average Bonchev–Trinajstić information content (AvgIpc) is 2.38. The first-order chi connectivity index (χ1) is 8.86. The van der Waals surface area contributed by atoms with E-state index in [1.165, 1.54) is 31.2 Å². The van der Waals surface area contributed by atoms with E-state index in [4.69, 9.17) is 10.4 Å². The molecule has 0 aliphatic heterocycles. The van der Waals surface area contributed by atoms with E-state index >= 15 is 0 Å². The number of benzene rings is 1. The number of sulfone groups is 1. The second-order valence-electron chi connectivity index (χ2n) is 3.97. The van der Waals surface area contributed by atoms with Crippen molar-refractivity contribution in [3.05, 3.63) is 29.8 Å². The van der Waals surface area contributed by atoms with Crippen molar-refractivity contribution < 1.29 is 18.3 Å². The minimum absolute atomic E-state index is 0.0343. The smallest absolute Gasteiger partial charge is 0.320 e. The third kappa shape index (κ3) is 4.35. The van der Waals surface area contributed by atoms with E-state index in [1.54, 1.807) is 0 Å². The number of hydrogen-bond acceptors (Lipinski definition) is 5. The molecule has 0 saturated carbocycles. The van der Waals surface area contributed by atoms with Crippen molar-refractivity contribution in [2.75, 3.05) is 12.3 Å². The summed E-state index contributed by atoms with van der Waals surface area (Å²) in [6.45, 7) is 1.47. The van der Waals surface area contributed by atoms with Gasteiger partial charge in [0.15, 0.2) is 9.84 Å². The van der Waals surface area contributed by atoms with Gasteiger partial charge in [0.1, 0.15) is 6.04 Å². The Balaban J connectivity index is 2.71. The van der Waals surface area contributed by atoms with Gasteiger partial charge < -0.3 is 10.4 Å². The molecule has 19 heavy (non-hydrogen) atoms. The zero-order valence-corrected chi connectivity index (χ0v) is 11.1. The maximum Gasteiger partial charge on any atom is 0.320 e. The number of carbonyl (C=O) groups is 1. The Bertz CT molecular complexity index is 604. The minimum Gasteiger partial charge on any atom is -0.480 e. The van der Waals surface area contributed by atoms with Gasteiger partial charge in [0.05, 0.1) is 22.3 Å². The van der Waals surface area contributed by atoms with Gasteiger partial charge in [-0.3, -0.25) is 4.79 Å². The van der Waals surface area contributed by atoms with E-state index in [9.17, 15) is 13.2 Å². The number of nitrogens with one attached hydrogen (secondary N) is 1. The molecule has 0 saturated heterocycles. The highest BCUT2D eigenvalue weighted by Gasteiger charge is 2.16. The summed E-state index contributed by atoms with van der Waals surface area (Å²) >= 11 is 0. The molecule has 0 aliphatic rings. The van der Waals surface area contributed by atoms with Gasteiger partial charge in [-0.25, -0.2) is 8.42 Å². The van der Waals surface area contributed by atoms with Crippen LogP contribution in [0.4, 0.5) is 0 Å². The molecule has 1 rings (SSSR count). The highest BCUT2D eigenvalue weighted by Crippen LogP contribution is 2.12. The first kappa shape index (κ1) is 15.1. The predicted octanol–water partition coefficient (Wildman–Crippen LogP) is 0.395. The molecule has 0 unspecified atom stereocenters. The van der Waals surface area contributed by atoms with Gasteiger partial charge in [-0.15, -0.1) is 0 Å². The first-order valence-corrected chi connectivity index (χ1v) is 7.21. The van der Waals surface area contributed by atoms with E-state index < -0.39 is 21.8 Å². The molecule has 0 radical (unpaired) electrons. The van der Waals surface area contributed by atoms with Crippen molar-refractivity contribution in [2.45, 2.75) is 17.9 Å². The van der Waals surface area contributed by atoms with Gasteiger partial charge in [-0.05, 0) is 25.1 Å². The topological polar surface area (TPSA) is 107 Å². The van der Waals surface area contributed by atoms with Crippen LogP contribution in [0.25, 0.3) is 0 Å². The van der Waals surface area contributed by atoms with Crippen LogP contribution < -0.4 is 5.32 Å². The van der Waals surface area contributed by atoms with E-state index in [2.05, 4.69) is 5.32 Å². The Labute approximate surface area is 111 Å². The van der Waals surface area contributed by atoms with Crippen LogP contribution in [0, 0.1) is 11.3 Å². The molecule has 2 N–H and O–H groups in total. The summed E-state index contributed by atoms with van der Waals surface area (Å²) in [6, 6.07) is 6.80. The van der Waals surface area contributed by atoms with Crippen LogP contribution in [-0.2, 0) is 14.6 Å². The van der Waals surface area contributed by atoms with Gasteiger partial charge in [0.25, 0.3) is 0 Å². The van der Waals surface area contributed by atoms with Crippen molar-refractivity contribution in [1.29, 1.82) is 5.26 Å².